The van der Waals surface area contributed by atoms with Crippen LogP contribution in [-0.2, 0) is 20.7 Å². The number of morpholine rings is 1. The van der Waals surface area contributed by atoms with Gasteiger partial charge in [0.1, 0.15) is 11.9 Å². The third kappa shape index (κ3) is 5.47. The number of carbonyl (C=O) groups excluding carboxylic acids is 1. The summed E-state index contributed by atoms with van der Waals surface area (Å²) < 4.78 is 16.9. The molecule has 1 amide bonds. The first kappa shape index (κ1) is 23.6. The summed E-state index contributed by atoms with van der Waals surface area (Å²) in [5, 5.41) is 3.30. The number of aromatic nitrogens is 3. The van der Waals surface area contributed by atoms with Crippen LogP contribution in [0.15, 0.2) is 54.4 Å². The quantitative estimate of drug-likeness (QED) is 0.549. The van der Waals surface area contributed by atoms with Gasteiger partial charge in [-0.3, -0.25) is 9.78 Å². The van der Waals surface area contributed by atoms with Gasteiger partial charge in [-0.1, -0.05) is 6.07 Å². The van der Waals surface area contributed by atoms with E-state index >= 15 is 0 Å². The Hall–Kier alpha value is -3.82. The predicted octanol–water partition coefficient (Wildman–Crippen LogP) is 3.64. The molecule has 9 heteroatoms. The van der Waals surface area contributed by atoms with Crippen LogP contribution in [-0.4, -0.2) is 71.4 Å². The Labute approximate surface area is 215 Å². The zero-order valence-corrected chi connectivity index (χ0v) is 20.6. The molecule has 4 heterocycles. The summed E-state index contributed by atoms with van der Waals surface area (Å²) in [5.41, 5.74) is 5.28. The van der Waals surface area contributed by atoms with Crippen LogP contribution in [0, 0.1) is 0 Å². The lowest BCUT2D eigenvalue weighted by molar-refractivity contribution is -0.131. The Morgan fingerprint density at radius 3 is 2.62 bits per heavy atom. The minimum Gasteiger partial charge on any atom is -0.490 e. The van der Waals surface area contributed by atoms with Crippen LogP contribution in [0.25, 0.3) is 17.5 Å². The largest absolute Gasteiger partial charge is 0.490 e. The van der Waals surface area contributed by atoms with E-state index in [-0.39, 0.29) is 12.0 Å². The number of benzene rings is 1. The van der Waals surface area contributed by atoms with Gasteiger partial charge < -0.3 is 24.4 Å². The number of hydrogen-bond acceptors (Lipinski definition) is 8. The van der Waals surface area contributed by atoms with E-state index in [0.717, 1.165) is 59.9 Å². The molecule has 0 radical (unpaired) electrons. The van der Waals surface area contributed by atoms with Gasteiger partial charge in [-0.05, 0) is 41.5 Å². The van der Waals surface area contributed by atoms with Gasteiger partial charge in [0.25, 0.3) is 0 Å². The van der Waals surface area contributed by atoms with E-state index in [1.165, 1.54) is 0 Å². The molecule has 0 atom stereocenters. The van der Waals surface area contributed by atoms with Crippen LogP contribution >= 0.6 is 0 Å². The van der Waals surface area contributed by atoms with E-state index < -0.39 is 0 Å². The highest BCUT2D eigenvalue weighted by Crippen LogP contribution is 2.30. The first-order chi connectivity index (χ1) is 18.2. The Bertz CT molecular complexity index is 1320. The lowest BCUT2D eigenvalue weighted by Crippen LogP contribution is -2.41. The van der Waals surface area contributed by atoms with Crippen molar-refractivity contribution >= 4 is 23.6 Å². The molecule has 6 rings (SSSR count). The van der Waals surface area contributed by atoms with E-state index in [9.17, 15) is 4.79 Å². The summed E-state index contributed by atoms with van der Waals surface area (Å²) in [7, 11) is 0. The second-order valence-electron chi connectivity index (χ2n) is 9.36. The maximum Gasteiger partial charge on any atom is 0.250 e. The van der Waals surface area contributed by atoms with Crippen LogP contribution in [0.5, 0.6) is 5.75 Å². The van der Waals surface area contributed by atoms with Gasteiger partial charge in [0.05, 0.1) is 37.8 Å². The van der Waals surface area contributed by atoms with Crippen LogP contribution in [0.4, 0.5) is 11.6 Å². The SMILES string of the molecule is O=C(C1=Cc2cc(Nc3nccc(-c4cc(OC5CCOCC5)ccn4)n3)ccc2C1)N1CCOCC1. The molecule has 9 nitrogen and oxygen atoms in total. The molecule has 3 aromatic rings. The predicted molar refractivity (Wildman–Crippen MR) is 139 cm³/mol. The molecule has 190 valence electrons. The van der Waals surface area contributed by atoms with Crippen LogP contribution < -0.4 is 10.1 Å². The molecule has 3 aliphatic rings. The monoisotopic (exact) mass is 499 g/mol. The van der Waals surface area contributed by atoms with Gasteiger partial charge in [-0.15, -0.1) is 0 Å². The van der Waals surface area contributed by atoms with Gasteiger partial charge in [0.2, 0.25) is 11.9 Å². The van der Waals surface area contributed by atoms with Crippen molar-refractivity contribution in [2.24, 2.45) is 0 Å². The van der Waals surface area contributed by atoms with Crippen LogP contribution in [0.1, 0.15) is 24.0 Å². The normalized spacial score (nSPS) is 17.7. The molecular formula is C28H29N5O4. The highest BCUT2D eigenvalue weighted by atomic mass is 16.5. The number of fused-ring (bicyclic) bond motifs is 1. The highest BCUT2D eigenvalue weighted by Gasteiger charge is 2.25. The zero-order chi connectivity index (χ0) is 25.0. The number of carbonyl (C=O) groups is 1. The highest BCUT2D eigenvalue weighted by molar-refractivity contribution is 6.00. The fourth-order valence-electron chi connectivity index (χ4n) is 4.82. The maximum absolute atomic E-state index is 12.9. The topological polar surface area (TPSA) is 98.7 Å². The summed E-state index contributed by atoms with van der Waals surface area (Å²) >= 11 is 0. The molecule has 1 aliphatic carbocycles. The number of nitrogens with one attached hydrogen (secondary N) is 1. The molecule has 0 unspecified atom stereocenters. The number of amides is 1. The van der Waals surface area contributed by atoms with Gasteiger partial charge in [-0.2, -0.15) is 0 Å². The second kappa shape index (κ2) is 10.7. The number of pyridine rings is 1. The molecule has 37 heavy (non-hydrogen) atoms. The molecule has 2 fully saturated rings. The molecule has 0 spiro atoms. The maximum atomic E-state index is 12.9. The average molecular weight is 500 g/mol. The van der Waals surface area contributed by atoms with Gasteiger partial charge in [-0.25, -0.2) is 9.97 Å². The summed E-state index contributed by atoms with van der Waals surface area (Å²) in [5.74, 6) is 1.35. The van der Waals surface area contributed by atoms with Gasteiger partial charge in [0, 0.05) is 62.1 Å². The Morgan fingerprint density at radius 1 is 0.946 bits per heavy atom. The standard InChI is InChI=1S/C28H29N5O4/c34-27(33-9-13-36-14-10-33)21-15-19-1-2-22(17-20(19)16-21)31-28-30-8-4-25(32-28)26-18-24(3-7-29-26)37-23-5-11-35-12-6-23/h1-4,7-8,16-18,23H,5-6,9-15H2,(H,30,31,32). The van der Waals surface area contributed by atoms with E-state index in [1.54, 1.807) is 12.4 Å². The Balaban J connectivity index is 1.15. The van der Waals surface area contributed by atoms with Crippen LogP contribution in [0.2, 0.25) is 0 Å². The summed E-state index contributed by atoms with van der Waals surface area (Å²) in [6.07, 6.45) is 8.02. The molecule has 2 aromatic heterocycles. The minimum atomic E-state index is 0.0978. The average Bonchev–Trinajstić information content (AvgIpc) is 3.38. The first-order valence-corrected chi connectivity index (χ1v) is 12.7. The van der Waals surface area contributed by atoms with Crippen molar-refractivity contribution in [2.75, 3.05) is 44.8 Å². The third-order valence-electron chi connectivity index (χ3n) is 6.81. The third-order valence-corrected chi connectivity index (χ3v) is 6.81. The zero-order valence-electron chi connectivity index (χ0n) is 20.6. The summed E-state index contributed by atoms with van der Waals surface area (Å²) in [6.45, 7) is 3.95. The number of rotatable bonds is 6. The van der Waals surface area contributed by atoms with Gasteiger partial charge in [0.15, 0.2) is 0 Å². The molecule has 2 aliphatic heterocycles. The smallest absolute Gasteiger partial charge is 0.250 e. The first-order valence-electron chi connectivity index (χ1n) is 12.7. The second-order valence-corrected chi connectivity index (χ2v) is 9.36. The molecule has 0 bridgehead atoms. The van der Waals surface area contributed by atoms with E-state index in [2.05, 4.69) is 26.3 Å². The molecule has 0 saturated carbocycles. The summed E-state index contributed by atoms with van der Waals surface area (Å²) in [4.78, 5) is 28.3. The fraction of sp³-hybridized carbons (Fsp3) is 0.357. The number of nitrogens with zero attached hydrogens (tertiary/aromatic N) is 4. The van der Waals surface area contributed by atoms with Crippen molar-refractivity contribution in [2.45, 2.75) is 25.4 Å². The van der Waals surface area contributed by atoms with Crippen molar-refractivity contribution in [3.05, 3.63) is 65.5 Å². The van der Waals surface area contributed by atoms with Crippen LogP contribution in [0.3, 0.4) is 0 Å². The molecular weight excluding hydrogens is 470 g/mol. The number of ether oxygens (including phenoxy) is 3. The summed E-state index contributed by atoms with van der Waals surface area (Å²) in [6, 6.07) is 11.7. The number of hydrogen-bond donors (Lipinski definition) is 1. The lowest BCUT2D eigenvalue weighted by atomic mass is 10.1. The van der Waals surface area contributed by atoms with E-state index in [1.807, 2.05) is 41.3 Å². The van der Waals surface area contributed by atoms with Crippen molar-refractivity contribution in [3.63, 3.8) is 0 Å². The lowest BCUT2D eigenvalue weighted by Gasteiger charge is -2.27. The van der Waals surface area contributed by atoms with Gasteiger partial charge >= 0.3 is 0 Å². The Morgan fingerprint density at radius 2 is 1.76 bits per heavy atom. The van der Waals surface area contributed by atoms with Crippen molar-refractivity contribution in [1.82, 2.24) is 19.9 Å². The minimum absolute atomic E-state index is 0.0978. The molecule has 2 saturated heterocycles. The fourth-order valence-corrected chi connectivity index (χ4v) is 4.82. The Kier molecular flexibility index (Phi) is 6.79. The van der Waals surface area contributed by atoms with Crippen molar-refractivity contribution in [3.8, 4) is 17.1 Å². The molecule has 1 N–H and O–H groups in total. The number of anilines is 2. The molecule has 1 aromatic carbocycles. The van der Waals surface area contributed by atoms with E-state index in [0.29, 0.717) is 44.4 Å². The van der Waals surface area contributed by atoms with Crippen molar-refractivity contribution < 1.29 is 19.0 Å². The van der Waals surface area contributed by atoms with Crippen molar-refractivity contribution in [1.29, 1.82) is 0 Å². The van der Waals surface area contributed by atoms with E-state index in [4.69, 9.17) is 14.2 Å².